The molecule has 2 rings (SSSR count). The van der Waals surface area contributed by atoms with Crippen molar-refractivity contribution < 1.29 is 24.0 Å². The van der Waals surface area contributed by atoms with E-state index in [0.717, 1.165) is 34.9 Å². The second-order valence-electron chi connectivity index (χ2n) is 6.53. The number of nitrogens with one attached hydrogen (secondary N) is 2. The van der Waals surface area contributed by atoms with E-state index in [9.17, 15) is 14.4 Å². The molecule has 2 aromatic rings. The number of Topliss-reactive ketones (excluding diaryl/α,β-unsaturated/α-hetero) is 1. The molecular weight excluding hydrogens is 376 g/mol. The van der Waals surface area contributed by atoms with Gasteiger partial charge in [0.2, 0.25) is 0 Å². The van der Waals surface area contributed by atoms with Crippen molar-refractivity contribution in [3.63, 3.8) is 0 Å². The van der Waals surface area contributed by atoms with Gasteiger partial charge in [0.15, 0.2) is 12.3 Å². The standard InChI is InChI=1S/C21H26N2O4S/c1-5-23(12-16-10-8-7-9-11-16)13-17(25)22-20-18(21(26)27-6-2)14(3)19(28-20)15(4)24/h7-11H,5-6,12-13H2,1-4H3,(H,22,25)/p+1. The van der Waals surface area contributed by atoms with Crippen LogP contribution in [0.2, 0.25) is 0 Å². The van der Waals surface area contributed by atoms with Gasteiger partial charge in [-0.3, -0.25) is 9.59 Å². The van der Waals surface area contributed by atoms with E-state index in [2.05, 4.69) is 5.32 Å². The van der Waals surface area contributed by atoms with Crippen LogP contribution in [0.5, 0.6) is 0 Å². The number of hydrogen-bond donors (Lipinski definition) is 2. The fraction of sp³-hybridized carbons (Fsp3) is 0.381. The molecule has 0 fully saturated rings. The molecule has 0 spiro atoms. The van der Waals surface area contributed by atoms with E-state index in [-0.39, 0.29) is 30.4 Å². The number of thiophene rings is 1. The van der Waals surface area contributed by atoms with E-state index in [4.69, 9.17) is 4.74 Å². The molecule has 0 aliphatic heterocycles. The number of amides is 1. The fourth-order valence-corrected chi connectivity index (χ4v) is 4.09. The summed E-state index contributed by atoms with van der Waals surface area (Å²) < 4.78 is 5.11. The van der Waals surface area contributed by atoms with Crippen LogP contribution in [0.1, 0.15) is 51.9 Å². The molecule has 1 heterocycles. The molecule has 7 heteroatoms. The first kappa shape index (κ1) is 21.8. The molecule has 2 N–H and O–H groups in total. The van der Waals surface area contributed by atoms with Gasteiger partial charge in [-0.05, 0) is 33.3 Å². The van der Waals surface area contributed by atoms with Gasteiger partial charge in [0, 0.05) is 5.56 Å². The van der Waals surface area contributed by atoms with Crippen LogP contribution < -0.4 is 10.2 Å². The van der Waals surface area contributed by atoms with Crippen LogP contribution in [0.25, 0.3) is 0 Å². The lowest BCUT2D eigenvalue weighted by Crippen LogP contribution is -3.11. The lowest BCUT2D eigenvalue weighted by atomic mass is 10.1. The number of carbonyl (C=O) groups excluding carboxylic acids is 3. The van der Waals surface area contributed by atoms with Crippen LogP contribution in [-0.2, 0) is 16.1 Å². The Morgan fingerprint density at radius 3 is 2.39 bits per heavy atom. The first-order valence-corrected chi connectivity index (χ1v) is 10.2. The Hall–Kier alpha value is -2.51. The molecule has 0 saturated carbocycles. The van der Waals surface area contributed by atoms with E-state index >= 15 is 0 Å². The molecular formula is C21H27N2O4S+. The predicted molar refractivity (Wildman–Crippen MR) is 110 cm³/mol. The van der Waals surface area contributed by atoms with Gasteiger partial charge in [-0.25, -0.2) is 4.79 Å². The lowest BCUT2D eigenvalue weighted by molar-refractivity contribution is -0.903. The number of hydrogen-bond acceptors (Lipinski definition) is 5. The zero-order valence-electron chi connectivity index (χ0n) is 16.8. The zero-order valence-corrected chi connectivity index (χ0v) is 17.6. The first-order chi connectivity index (χ1) is 13.4. The third kappa shape index (κ3) is 5.50. The van der Waals surface area contributed by atoms with Crippen LogP contribution in [-0.4, -0.2) is 37.4 Å². The van der Waals surface area contributed by atoms with Crippen molar-refractivity contribution in [3.8, 4) is 0 Å². The van der Waals surface area contributed by atoms with E-state index in [1.54, 1.807) is 13.8 Å². The molecule has 1 aromatic carbocycles. The highest BCUT2D eigenvalue weighted by Crippen LogP contribution is 2.34. The smallest absolute Gasteiger partial charge is 0.341 e. The monoisotopic (exact) mass is 403 g/mol. The molecule has 0 aliphatic carbocycles. The number of rotatable bonds is 9. The molecule has 28 heavy (non-hydrogen) atoms. The summed E-state index contributed by atoms with van der Waals surface area (Å²) in [6.45, 7) is 8.90. The molecule has 6 nitrogen and oxygen atoms in total. The summed E-state index contributed by atoms with van der Waals surface area (Å²) in [5.74, 6) is -0.865. The Balaban J connectivity index is 2.16. The van der Waals surface area contributed by atoms with Crippen molar-refractivity contribution in [2.24, 2.45) is 0 Å². The fourth-order valence-electron chi connectivity index (χ4n) is 2.98. The average molecular weight is 404 g/mol. The molecule has 0 bridgehead atoms. The van der Waals surface area contributed by atoms with Crippen LogP contribution in [0.15, 0.2) is 30.3 Å². The highest BCUT2D eigenvalue weighted by Gasteiger charge is 2.26. The third-order valence-electron chi connectivity index (χ3n) is 4.41. The third-order valence-corrected chi connectivity index (χ3v) is 5.71. The summed E-state index contributed by atoms with van der Waals surface area (Å²) in [5, 5.41) is 3.20. The summed E-state index contributed by atoms with van der Waals surface area (Å²) >= 11 is 1.12. The SMILES string of the molecule is CCOC(=O)c1c(NC(=O)C[NH+](CC)Cc2ccccc2)sc(C(C)=O)c1C. The maximum Gasteiger partial charge on any atom is 0.341 e. The lowest BCUT2D eigenvalue weighted by Gasteiger charge is -2.17. The van der Waals surface area contributed by atoms with Crippen molar-refractivity contribution in [2.45, 2.75) is 34.2 Å². The summed E-state index contributed by atoms with van der Waals surface area (Å²) in [5.41, 5.74) is 1.98. The summed E-state index contributed by atoms with van der Waals surface area (Å²) in [6, 6.07) is 9.99. The number of ether oxygens (including phenoxy) is 1. The summed E-state index contributed by atoms with van der Waals surface area (Å²) in [7, 11) is 0. The van der Waals surface area contributed by atoms with Crippen LogP contribution in [0, 0.1) is 6.92 Å². The normalized spacial score (nSPS) is 11.7. The van der Waals surface area contributed by atoms with Crippen LogP contribution >= 0.6 is 11.3 Å². The molecule has 1 aromatic heterocycles. The van der Waals surface area contributed by atoms with Gasteiger partial charge in [0.25, 0.3) is 5.91 Å². The van der Waals surface area contributed by atoms with Crippen molar-refractivity contribution in [1.82, 2.24) is 0 Å². The van der Waals surface area contributed by atoms with Crippen molar-refractivity contribution in [1.29, 1.82) is 0 Å². The van der Waals surface area contributed by atoms with Crippen molar-refractivity contribution in [2.75, 3.05) is 25.0 Å². The number of benzene rings is 1. The van der Waals surface area contributed by atoms with E-state index < -0.39 is 5.97 Å². The van der Waals surface area contributed by atoms with E-state index in [0.29, 0.717) is 15.4 Å². The van der Waals surface area contributed by atoms with Gasteiger partial charge >= 0.3 is 5.97 Å². The minimum absolute atomic E-state index is 0.140. The Morgan fingerprint density at radius 1 is 1.14 bits per heavy atom. The highest BCUT2D eigenvalue weighted by atomic mass is 32.1. The molecule has 0 aliphatic rings. The minimum atomic E-state index is -0.525. The number of quaternary nitrogens is 1. The molecule has 0 saturated heterocycles. The Morgan fingerprint density at radius 2 is 1.82 bits per heavy atom. The van der Waals surface area contributed by atoms with Crippen molar-refractivity contribution >= 4 is 34.0 Å². The minimum Gasteiger partial charge on any atom is -0.462 e. The second kappa shape index (κ2) is 10.1. The van der Waals surface area contributed by atoms with Gasteiger partial charge in [0.1, 0.15) is 11.5 Å². The number of anilines is 1. The maximum absolute atomic E-state index is 12.6. The van der Waals surface area contributed by atoms with Gasteiger partial charge in [-0.1, -0.05) is 30.3 Å². The largest absolute Gasteiger partial charge is 0.462 e. The Kier molecular flexibility index (Phi) is 7.90. The van der Waals surface area contributed by atoms with Gasteiger partial charge in [-0.2, -0.15) is 0 Å². The van der Waals surface area contributed by atoms with E-state index in [1.165, 1.54) is 6.92 Å². The quantitative estimate of drug-likeness (QED) is 0.498. The molecule has 1 amide bonds. The summed E-state index contributed by atoms with van der Waals surface area (Å²) in [4.78, 5) is 38.4. The molecule has 1 unspecified atom stereocenters. The summed E-state index contributed by atoms with van der Waals surface area (Å²) in [6.07, 6.45) is 0. The number of esters is 1. The highest BCUT2D eigenvalue weighted by molar-refractivity contribution is 7.18. The van der Waals surface area contributed by atoms with Gasteiger partial charge < -0.3 is 15.0 Å². The van der Waals surface area contributed by atoms with Crippen LogP contribution in [0.3, 0.4) is 0 Å². The second-order valence-corrected chi connectivity index (χ2v) is 7.55. The van der Waals surface area contributed by atoms with E-state index in [1.807, 2.05) is 37.3 Å². The Bertz CT molecular complexity index is 846. The molecule has 1 atom stereocenters. The maximum atomic E-state index is 12.6. The van der Waals surface area contributed by atoms with Gasteiger partial charge in [-0.15, -0.1) is 11.3 Å². The number of carbonyl (C=O) groups is 3. The van der Waals surface area contributed by atoms with Crippen LogP contribution in [0.4, 0.5) is 5.00 Å². The number of likely N-dealkylation sites (N-methyl/N-ethyl adjacent to an activating group) is 1. The average Bonchev–Trinajstić information content (AvgIpc) is 2.98. The Labute approximate surface area is 169 Å². The molecule has 150 valence electrons. The molecule has 0 radical (unpaired) electrons. The first-order valence-electron chi connectivity index (χ1n) is 9.36. The number of ketones is 1. The van der Waals surface area contributed by atoms with Crippen molar-refractivity contribution in [3.05, 3.63) is 51.9 Å². The van der Waals surface area contributed by atoms with Gasteiger partial charge in [0.05, 0.1) is 23.6 Å². The topological polar surface area (TPSA) is 76.9 Å². The predicted octanol–water partition coefficient (Wildman–Crippen LogP) is 2.48. The zero-order chi connectivity index (χ0) is 20.7.